The summed E-state index contributed by atoms with van der Waals surface area (Å²) in [7, 11) is 0. The van der Waals surface area contributed by atoms with Gasteiger partial charge in [0, 0.05) is 16.7 Å². The van der Waals surface area contributed by atoms with Crippen molar-refractivity contribution in [2.45, 2.75) is 10.8 Å². The van der Waals surface area contributed by atoms with Gasteiger partial charge in [0.1, 0.15) is 0 Å². The molecule has 0 saturated heterocycles. The normalized spacial score (nSPS) is 14.4. The van der Waals surface area contributed by atoms with Gasteiger partial charge in [-0.3, -0.25) is 0 Å². The summed E-state index contributed by atoms with van der Waals surface area (Å²) in [5.41, 5.74) is 19.5. The van der Waals surface area contributed by atoms with Crippen LogP contribution < -0.4 is 0 Å². The summed E-state index contributed by atoms with van der Waals surface area (Å²) in [5.74, 6) is 0.724. The minimum absolute atomic E-state index is 0.474. The van der Waals surface area contributed by atoms with Gasteiger partial charge in [0.05, 0.1) is 22.2 Å². The van der Waals surface area contributed by atoms with Crippen LogP contribution in [-0.2, 0) is 10.8 Å². The molecule has 0 radical (unpaired) electrons. The average molecular weight is 711 g/mol. The predicted octanol–water partition coefficient (Wildman–Crippen LogP) is 12.5. The van der Waals surface area contributed by atoms with E-state index in [4.69, 9.17) is 9.97 Å². The Kier molecular flexibility index (Phi) is 6.50. The first-order valence-corrected chi connectivity index (χ1v) is 19.4. The third-order valence-electron chi connectivity index (χ3n) is 12.6. The molecule has 0 atom stereocenters. The molecule has 1 heterocycles. The highest BCUT2D eigenvalue weighted by molar-refractivity contribution is 5.97. The van der Waals surface area contributed by atoms with Crippen LogP contribution in [0.25, 0.3) is 56.2 Å². The highest BCUT2D eigenvalue weighted by atomic mass is 14.9. The summed E-state index contributed by atoms with van der Waals surface area (Å²) in [6.45, 7) is 0. The van der Waals surface area contributed by atoms with Crippen LogP contribution in [0.15, 0.2) is 206 Å². The number of rotatable bonds is 3. The Bertz CT molecular complexity index is 2880. The fourth-order valence-corrected chi connectivity index (χ4v) is 10.6. The zero-order valence-electron chi connectivity index (χ0n) is 30.5. The van der Waals surface area contributed by atoms with Gasteiger partial charge < -0.3 is 0 Å². The first-order chi connectivity index (χ1) is 27.8. The van der Waals surface area contributed by atoms with E-state index in [-0.39, 0.29) is 0 Å². The first kappa shape index (κ1) is 31.2. The van der Waals surface area contributed by atoms with E-state index in [0.29, 0.717) is 0 Å². The van der Waals surface area contributed by atoms with E-state index in [0.717, 1.165) is 33.9 Å². The monoisotopic (exact) mass is 710 g/mol. The number of hydrogen-bond acceptors (Lipinski definition) is 2. The molecule has 3 aliphatic rings. The van der Waals surface area contributed by atoms with Crippen molar-refractivity contribution in [3.8, 4) is 56.2 Å². The van der Waals surface area contributed by atoms with Gasteiger partial charge in [0.2, 0.25) is 0 Å². The summed E-state index contributed by atoms with van der Waals surface area (Å²) < 4.78 is 0. The molecule has 2 nitrogen and oxygen atoms in total. The van der Waals surface area contributed by atoms with Crippen molar-refractivity contribution in [3.05, 3.63) is 251 Å². The maximum absolute atomic E-state index is 5.37. The second kappa shape index (κ2) is 11.7. The second-order valence-electron chi connectivity index (χ2n) is 15.2. The molecule has 1 aromatic heterocycles. The Morgan fingerprint density at radius 3 is 1.09 bits per heavy atom. The smallest absolute Gasteiger partial charge is 0.161 e. The molecule has 0 bridgehead atoms. The Morgan fingerprint density at radius 1 is 0.268 bits per heavy atom. The van der Waals surface area contributed by atoms with E-state index >= 15 is 0 Å². The lowest BCUT2D eigenvalue weighted by Gasteiger charge is -2.48. The summed E-state index contributed by atoms with van der Waals surface area (Å²) in [4.78, 5) is 10.7. The van der Waals surface area contributed by atoms with E-state index in [1.165, 1.54) is 66.8 Å². The lowest BCUT2D eigenvalue weighted by atomic mass is 9.52. The van der Waals surface area contributed by atoms with Gasteiger partial charge in [0.15, 0.2) is 5.82 Å². The summed E-state index contributed by atoms with van der Waals surface area (Å²) >= 11 is 0. The summed E-state index contributed by atoms with van der Waals surface area (Å²) in [6.07, 6.45) is 0. The van der Waals surface area contributed by atoms with Crippen molar-refractivity contribution < 1.29 is 0 Å². The Morgan fingerprint density at radius 2 is 0.607 bits per heavy atom. The third-order valence-corrected chi connectivity index (χ3v) is 12.6. The molecule has 260 valence electrons. The van der Waals surface area contributed by atoms with Crippen LogP contribution in [0.1, 0.15) is 44.5 Å². The molecule has 0 unspecified atom stereocenters. The van der Waals surface area contributed by atoms with Crippen molar-refractivity contribution >= 4 is 0 Å². The van der Waals surface area contributed by atoms with Crippen LogP contribution in [0, 0.1) is 0 Å². The second-order valence-corrected chi connectivity index (χ2v) is 15.2. The van der Waals surface area contributed by atoms with Crippen LogP contribution in [0.3, 0.4) is 0 Å². The van der Waals surface area contributed by atoms with Crippen molar-refractivity contribution in [2.24, 2.45) is 0 Å². The summed E-state index contributed by atoms with van der Waals surface area (Å²) in [6, 6.07) is 75.5. The van der Waals surface area contributed by atoms with E-state index in [9.17, 15) is 0 Å². The summed E-state index contributed by atoms with van der Waals surface area (Å²) in [5, 5.41) is 0. The van der Waals surface area contributed by atoms with Gasteiger partial charge in [0.25, 0.3) is 0 Å². The molecular weight excluding hydrogens is 677 g/mol. The molecule has 8 aromatic carbocycles. The van der Waals surface area contributed by atoms with Crippen LogP contribution in [0.5, 0.6) is 0 Å². The van der Waals surface area contributed by atoms with Gasteiger partial charge in [-0.05, 0) is 72.8 Å². The largest absolute Gasteiger partial charge is 0.228 e. The Balaban J connectivity index is 1.19. The fraction of sp³-hybridized carbons (Fsp3) is 0.0370. The first-order valence-electron chi connectivity index (χ1n) is 19.4. The molecule has 0 amide bonds. The van der Waals surface area contributed by atoms with Crippen LogP contribution in [-0.4, -0.2) is 9.97 Å². The fourth-order valence-electron chi connectivity index (χ4n) is 10.6. The van der Waals surface area contributed by atoms with E-state index in [1.54, 1.807) is 0 Å². The van der Waals surface area contributed by atoms with E-state index in [1.807, 2.05) is 0 Å². The molecular formula is C54H34N2. The molecule has 0 N–H and O–H groups in total. The molecule has 2 spiro atoms. The van der Waals surface area contributed by atoms with Crippen LogP contribution in [0.4, 0.5) is 0 Å². The Labute approximate surface area is 326 Å². The highest BCUT2D eigenvalue weighted by Crippen LogP contribution is 2.67. The zero-order valence-corrected chi connectivity index (χ0v) is 30.5. The SMILES string of the molecule is c1ccc(-c2cc(-c3ccccc3)nc(-c3cccc4c3-c3ccccc3C43c4ccccc4C4(c5ccccc5-c5ccccc54)c4ccccc43)n2)cc1. The average Bonchev–Trinajstić information content (AvgIpc) is 3.75. The molecule has 3 aliphatic carbocycles. The van der Waals surface area contributed by atoms with Gasteiger partial charge in [-0.2, -0.15) is 0 Å². The van der Waals surface area contributed by atoms with Crippen LogP contribution >= 0.6 is 0 Å². The molecule has 9 aromatic rings. The number of nitrogens with zero attached hydrogens (tertiary/aromatic N) is 2. The van der Waals surface area contributed by atoms with Crippen LogP contribution in [0.2, 0.25) is 0 Å². The standard InChI is InChI=1S/C54H34N2/c1-3-18-35(19-4-1)49-34-50(36-20-5-2-6-21-36)56-52(55-49)40-25-17-33-48-51(40)39-24-9-12-28-43(39)54(48)46-31-15-13-29-44(46)53(45-30-14-16-32-47(45)54)41-26-10-7-22-37(41)38-23-8-11-27-42(38)53/h1-34H. The highest BCUT2D eigenvalue weighted by Gasteiger charge is 2.59. The molecule has 12 rings (SSSR count). The molecule has 0 aliphatic heterocycles. The van der Waals surface area contributed by atoms with Gasteiger partial charge in [-0.15, -0.1) is 0 Å². The maximum atomic E-state index is 5.37. The molecule has 0 saturated carbocycles. The predicted molar refractivity (Wildman–Crippen MR) is 227 cm³/mol. The van der Waals surface area contributed by atoms with Crippen molar-refractivity contribution in [2.75, 3.05) is 0 Å². The lowest BCUT2D eigenvalue weighted by molar-refractivity contribution is 0.633. The van der Waals surface area contributed by atoms with Crippen molar-refractivity contribution in [1.29, 1.82) is 0 Å². The topological polar surface area (TPSA) is 25.8 Å². The Hall–Kier alpha value is -7.16. The van der Waals surface area contributed by atoms with Crippen molar-refractivity contribution in [3.63, 3.8) is 0 Å². The van der Waals surface area contributed by atoms with E-state index in [2.05, 4.69) is 206 Å². The quantitative estimate of drug-likeness (QED) is 0.182. The number of aromatic nitrogens is 2. The number of hydrogen-bond donors (Lipinski definition) is 0. The lowest BCUT2D eigenvalue weighted by Crippen LogP contribution is -2.43. The number of benzene rings is 8. The van der Waals surface area contributed by atoms with Gasteiger partial charge in [-0.25, -0.2) is 9.97 Å². The van der Waals surface area contributed by atoms with Gasteiger partial charge in [-0.1, -0.05) is 200 Å². The molecule has 0 fully saturated rings. The minimum atomic E-state index is -0.577. The van der Waals surface area contributed by atoms with Gasteiger partial charge >= 0.3 is 0 Å². The number of fused-ring (bicyclic) bond motifs is 16. The molecule has 2 heteroatoms. The maximum Gasteiger partial charge on any atom is 0.161 e. The zero-order chi connectivity index (χ0) is 36.8. The molecule has 56 heavy (non-hydrogen) atoms. The van der Waals surface area contributed by atoms with E-state index < -0.39 is 10.8 Å². The van der Waals surface area contributed by atoms with Crippen molar-refractivity contribution in [1.82, 2.24) is 9.97 Å². The minimum Gasteiger partial charge on any atom is -0.228 e. The third kappa shape index (κ3) is 3.95.